The molecule has 5 heteroatoms. The molecule has 0 unspecified atom stereocenters. The van der Waals surface area contributed by atoms with Crippen LogP contribution in [0, 0.1) is 0 Å². The molecule has 0 saturated carbocycles. The van der Waals surface area contributed by atoms with Crippen molar-refractivity contribution in [2.45, 2.75) is 19.4 Å². The van der Waals surface area contributed by atoms with Crippen LogP contribution in [0.1, 0.15) is 12.8 Å². The second-order valence-electron chi connectivity index (χ2n) is 3.60. The highest BCUT2D eigenvalue weighted by atomic mass is 32.1. The molecular formula is C10H17N3OS. The first-order valence-corrected chi connectivity index (χ1v) is 5.63. The molecule has 1 heterocycles. The van der Waals surface area contributed by atoms with Gasteiger partial charge in [0, 0.05) is 26.7 Å². The van der Waals surface area contributed by atoms with E-state index >= 15 is 0 Å². The average Bonchev–Trinajstić information content (AvgIpc) is 2.20. The van der Waals surface area contributed by atoms with E-state index in [2.05, 4.69) is 17.7 Å². The van der Waals surface area contributed by atoms with Crippen molar-refractivity contribution in [1.82, 2.24) is 9.78 Å². The van der Waals surface area contributed by atoms with Crippen molar-refractivity contribution in [3.63, 3.8) is 0 Å². The predicted octanol–water partition coefficient (Wildman–Crippen LogP) is 1.02. The van der Waals surface area contributed by atoms with Gasteiger partial charge in [-0.1, -0.05) is 0 Å². The van der Waals surface area contributed by atoms with E-state index in [1.54, 1.807) is 12.3 Å². The van der Waals surface area contributed by atoms with E-state index in [0.717, 1.165) is 24.3 Å². The Morgan fingerprint density at radius 2 is 2.20 bits per heavy atom. The lowest BCUT2D eigenvalue weighted by molar-refractivity contribution is 0.544. The van der Waals surface area contributed by atoms with Crippen LogP contribution in [0.3, 0.4) is 0 Å². The molecule has 1 rings (SSSR count). The van der Waals surface area contributed by atoms with Crippen molar-refractivity contribution in [2.24, 2.45) is 0 Å². The van der Waals surface area contributed by atoms with Gasteiger partial charge in [0.15, 0.2) is 0 Å². The molecule has 1 aromatic rings. The lowest BCUT2D eigenvalue weighted by Crippen LogP contribution is -2.24. The van der Waals surface area contributed by atoms with Crippen molar-refractivity contribution in [1.29, 1.82) is 0 Å². The van der Waals surface area contributed by atoms with Crippen LogP contribution in [0.4, 0.5) is 5.69 Å². The minimum absolute atomic E-state index is 0.0413. The van der Waals surface area contributed by atoms with E-state index in [9.17, 15) is 4.79 Å². The first-order chi connectivity index (χ1) is 7.15. The molecule has 0 bridgehead atoms. The fraction of sp³-hybridized carbons (Fsp3) is 0.600. The van der Waals surface area contributed by atoms with Gasteiger partial charge in [0.05, 0.1) is 11.9 Å². The first-order valence-electron chi connectivity index (χ1n) is 5.00. The summed E-state index contributed by atoms with van der Waals surface area (Å²) in [6.07, 6.45) is 3.66. The SMILES string of the molecule is CN(C)c1cnn(CCCCS)c(=O)c1. The molecular weight excluding hydrogens is 210 g/mol. The van der Waals surface area contributed by atoms with E-state index in [4.69, 9.17) is 0 Å². The summed E-state index contributed by atoms with van der Waals surface area (Å²) in [5, 5.41) is 4.11. The highest BCUT2D eigenvalue weighted by molar-refractivity contribution is 7.80. The zero-order valence-corrected chi connectivity index (χ0v) is 10.1. The largest absolute Gasteiger partial charge is 0.376 e. The first kappa shape index (κ1) is 12.1. The lowest BCUT2D eigenvalue weighted by atomic mass is 10.3. The zero-order valence-electron chi connectivity index (χ0n) is 9.18. The van der Waals surface area contributed by atoms with E-state index in [-0.39, 0.29) is 5.56 Å². The number of unbranched alkanes of at least 4 members (excludes halogenated alkanes) is 1. The van der Waals surface area contributed by atoms with Crippen molar-refractivity contribution < 1.29 is 0 Å². The molecule has 0 N–H and O–H groups in total. The Morgan fingerprint density at radius 1 is 1.47 bits per heavy atom. The molecule has 0 aliphatic rings. The number of nitrogens with zero attached hydrogens (tertiary/aromatic N) is 3. The molecule has 0 radical (unpaired) electrons. The van der Waals surface area contributed by atoms with E-state index < -0.39 is 0 Å². The number of anilines is 1. The van der Waals surface area contributed by atoms with Crippen LogP contribution < -0.4 is 10.5 Å². The Labute approximate surface area is 95.3 Å². The topological polar surface area (TPSA) is 38.1 Å². The van der Waals surface area contributed by atoms with E-state index in [0.29, 0.717) is 6.54 Å². The number of hydrogen-bond donors (Lipinski definition) is 1. The smallest absolute Gasteiger partial charge is 0.268 e. The maximum Gasteiger partial charge on any atom is 0.268 e. The minimum Gasteiger partial charge on any atom is -0.376 e. The Bertz CT molecular complexity index is 362. The fourth-order valence-electron chi connectivity index (χ4n) is 1.21. The Morgan fingerprint density at radius 3 is 2.73 bits per heavy atom. The molecule has 84 valence electrons. The maximum absolute atomic E-state index is 11.6. The number of hydrogen-bond acceptors (Lipinski definition) is 4. The van der Waals surface area contributed by atoms with Gasteiger partial charge in [-0.3, -0.25) is 4.79 Å². The van der Waals surface area contributed by atoms with Gasteiger partial charge in [0.2, 0.25) is 0 Å². The molecule has 0 aliphatic heterocycles. The molecule has 0 aliphatic carbocycles. The molecule has 0 aromatic carbocycles. The Balaban J connectivity index is 2.71. The van der Waals surface area contributed by atoms with E-state index in [1.165, 1.54) is 4.68 Å². The average molecular weight is 227 g/mol. The number of thiol groups is 1. The van der Waals surface area contributed by atoms with Crippen LogP contribution in [0.5, 0.6) is 0 Å². The highest BCUT2D eigenvalue weighted by Gasteiger charge is 2.00. The summed E-state index contributed by atoms with van der Waals surface area (Å²) in [5.74, 6) is 0.852. The van der Waals surface area contributed by atoms with Gasteiger partial charge in [0.1, 0.15) is 0 Å². The normalized spacial score (nSPS) is 10.3. The molecule has 4 nitrogen and oxygen atoms in total. The van der Waals surface area contributed by atoms with E-state index in [1.807, 2.05) is 19.0 Å². The Kier molecular flexibility index (Phi) is 4.68. The molecule has 0 atom stereocenters. The zero-order chi connectivity index (χ0) is 11.3. The van der Waals surface area contributed by atoms with Gasteiger partial charge < -0.3 is 4.90 Å². The summed E-state index contributed by atoms with van der Waals surface area (Å²) < 4.78 is 1.50. The van der Waals surface area contributed by atoms with Crippen molar-refractivity contribution in [3.05, 3.63) is 22.6 Å². The fourth-order valence-corrected chi connectivity index (χ4v) is 1.43. The van der Waals surface area contributed by atoms with Crippen LogP contribution in [0.2, 0.25) is 0 Å². The minimum atomic E-state index is -0.0413. The quantitative estimate of drug-likeness (QED) is 0.603. The summed E-state index contributed by atoms with van der Waals surface area (Å²) in [6, 6.07) is 1.60. The summed E-state index contributed by atoms with van der Waals surface area (Å²) >= 11 is 4.12. The van der Waals surface area contributed by atoms with Crippen molar-refractivity contribution in [3.8, 4) is 0 Å². The van der Waals surface area contributed by atoms with Gasteiger partial charge >= 0.3 is 0 Å². The summed E-state index contributed by atoms with van der Waals surface area (Å²) in [4.78, 5) is 13.5. The van der Waals surface area contributed by atoms with Gasteiger partial charge in [-0.05, 0) is 18.6 Å². The van der Waals surface area contributed by atoms with Crippen LogP contribution in [-0.4, -0.2) is 29.6 Å². The lowest BCUT2D eigenvalue weighted by Gasteiger charge is -2.12. The van der Waals surface area contributed by atoms with Crippen LogP contribution >= 0.6 is 12.6 Å². The standard InChI is InChI=1S/C10H17N3OS/c1-12(2)9-7-10(14)13(11-8-9)5-3-4-6-15/h7-8,15H,3-6H2,1-2H3. The van der Waals surface area contributed by atoms with Gasteiger partial charge in [-0.25, -0.2) is 4.68 Å². The Hall–Kier alpha value is -0.970. The summed E-state index contributed by atoms with van der Waals surface area (Å²) in [5.41, 5.74) is 0.797. The molecule has 15 heavy (non-hydrogen) atoms. The molecule has 0 amide bonds. The number of rotatable bonds is 5. The number of aryl methyl sites for hydroxylation is 1. The molecule has 1 aromatic heterocycles. The monoisotopic (exact) mass is 227 g/mol. The number of aromatic nitrogens is 2. The third-order valence-corrected chi connectivity index (χ3v) is 2.47. The third-order valence-electron chi connectivity index (χ3n) is 2.15. The second kappa shape index (κ2) is 5.80. The van der Waals surface area contributed by atoms with Crippen molar-refractivity contribution >= 4 is 18.3 Å². The van der Waals surface area contributed by atoms with Gasteiger partial charge in [0.25, 0.3) is 5.56 Å². The highest BCUT2D eigenvalue weighted by Crippen LogP contribution is 2.03. The van der Waals surface area contributed by atoms with Crippen LogP contribution in [-0.2, 0) is 6.54 Å². The maximum atomic E-state index is 11.6. The molecule has 0 fully saturated rings. The predicted molar refractivity (Wildman–Crippen MR) is 65.9 cm³/mol. The van der Waals surface area contributed by atoms with Crippen molar-refractivity contribution in [2.75, 3.05) is 24.7 Å². The second-order valence-corrected chi connectivity index (χ2v) is 4.05. The van der Waals surface area contributed by atoms with Crippen LogP contribution in [0.25, 0.3) is 0 Å². The van der Waals surface area contributed by atoms with Gasteiger partial charge in [-0.15, -0.1) is 0 Å². The molecule has 0 saturated heterocycles. The van der Waals surface area contributed by atoms with Crippen LogP contribution in [0.15, 0.2) is 17.1 Å². The summed E-state index contributed by atoms with van der Waals surface area (Å²) in [6.45, 7) is 0.674. The third kappa shape index (κ3) is 3.58. The molecule has 0 spiro atoms. The summed E-state index contributed by atoms with van der Waals surface area (Å²) in [7, 11) is 3.78. The van der Waals surface area contributed by atoms with Gasteiger partial charge in [-0.2, -0.15) is 17.7 Å².